The molecule has 18 heavy (non-hydrogen) atoms. The van der Waals surface area contributed by atoms with Crippen LogP contribution in [-0.2, 0) is 10.2 Å². The molecule has 0 bridgehead atoms. The Morgan fingerprint density at radius 1 is 1.44 bits per heavy atom. The Labute approximate surface area is 108 Å². The number of amides is 1. The van der Waals surface area contributed by atoms with Crippen molar-refractivity contribution in [1.29, 1.82) is 0 Å². The van der Waals surface area contributed by atoms with Gasteiger partial charge in [0.25, 0.3) is 0 Å². The minimum Gasteiger partial charge on any atom is -0.506 e. The summed E-state index contributed by atoms with van der Waals surface area (Å²) >= 11 is 0. The van der Waals surface area contributed by atoms with Crippen LogP contribution in [0.15, 0.2) is 18.2 Å². The van der Waals surface area contributed by atoms with E-state index in [-0.39, 0.29) is 29.5 Å². The lowest BCUT2D eigenvalue weighted by molar-refractivity contribution is -0.116. The van der Waals surface area contributed by atoms with Crippen LogP contribution in [0.25, 0.3) is 0 Å². The molecule has 1 amide bonds. The quantitative estimate of drug-likeness (QED) is 0.721. The standard InChI is InChI=1S/C14H22N2O2/c1-9(15)7-13(18)16-11-8-10(14(2,3)4)5-6-12(11)17/h5-6,8-9,17H,7,15H2,1-4H3,(H,16,18). The highest BCUT2D eigenvalue weighted by atomic mass is 16.3. The lowest BCUT2D eigenvalue weighted by atomic mass is 9.87. The zero-order chi connectivity index (χ0) is 13.9. The molecular weight excluding hydrogens is 228 g/mol. The van der Waals surface area contributed by atoms with Crippen molar-refractivity contribution >= 4 is 11.6 Å². The van der Waals surface area contributed by atoms with Crippen molar-refractivity contribution in [2.75, 3.05) is 5.32 Å². The van der Waals surface area contributed by atoms with Gasteiger partial charge in [-0.25, -0.2) is 0 Å². The van der Waals surface area contributed by atoms with Crippen molar-refractivity contribution in [2.45, 2.75) is 45.6 Å². The van der Waals surface area contributed by atoms with Gasteiger partial charge in [0.15, 0.2) is 0 Å². The van der Waals surface area contributed by atoms with Crippen molar-refractivity contribution in [3.8, 4) is 5.75 Å². The smallest absolute Gasteiger partial charge is 0.226 e. The van der Waals surface area contributed by atoms with Crippen molar-refractivity contribution in [2.24, 2.45) is 5.73 Å². The predicted octanol–water partition coefficient (Wildman–Crippen LogP) is 2.37. The van der Waals surface area contributed by atoms with E-state index in [1.807, 2.05) is 6.07 Å². The van der Waals surface area contributed by atoms with Gasteiger partial charge in [-0.2, -0.15) is 0 Å². The van der Waals surface area contributed by atoms with Crippen LogP contribution in [0.2, 0.25) is 0 Å². The first kappa shape index (κ1) is 14.5. The third-order valence-corrected chi connectivity index (χ3v) is 2.64. The Kier molecular flexibility index (Phi) is 4.35. The highest BCUT2D eigenvalue weighted by Crippen LogP contribution is 2.30. The third kappa shape index (κ3) is 4.04. The molecule has 1 aromatic carbocycles. The van der Waals surface area contributed by atoms with E-state index in [0.29, 0.717) is 5.69 Å². The predicted molar refractivity (Wildman–Crippen MR) is 73.7 cm³/mol. The van der Waals surface area contributed by atoms with Gasteiger partial charge in [0, 0.05) is 12.5 Å². The molecule has 0 fully saturated rings. The van der Waals surface area contributed by atoms with Crippen LogP contribution < -0.4 is 11.1 Å². The Hall–Kier alpha value is -1.55. The number of hydrogen-bond donors (Lipinski definition) is 3. The summed E-state index contributed by atoms with van der Waals surface area (Å²) < 4.78 is 0. The molecule has 1 rings (SSSR count). The van der Waals surface area contributed by atoms with Crippen molar-refractivity contribution in [1.82, 2.24) is 0 Å². The molecule has 4 heteroatoms. The summed E-state index contributed by atoms with van der Waals surface area (Å²) in [5.74, 6) is -0.118. The number of carbonyl (C=O) groups excluding carboxylic acids is 1. The maximum absolute atomic E-state index is 11.6. The van der Waals surface area contributed by atoms with Crippen LogP contribution in [0.3, 0.4) is 0 Å². The van der Waals surface area contributed by atoms with Gasteiger partial charge in [-0.05, 0) is 30.0 Å². The van der Waals surface area contributed by atoms with E-state index in [0.717, 1.165) is 5.56 Å². The van der Waals surface area contributed by atoms with E-state index in [1.54, 1.807) is 19.1 Å². The number of anilines is 1. The number of rotatable bonds is 3. The highest BCUT2D eigenvalue weighted by Gasteiger charge is 2.16. The molecule has 0 saturated heterocycles. The van der Waals surface area contributed by atoms with Gasteiger partial charge in [-0.15, -0.1) is 0 Å². The fourth-order valence-corrected chi connectivity index (χ4v) is 1.60. The van der Waals surface area contributed by atoms with E-state index in [1.165, 1.54) is 0 Å². The Morgan fingerprint density at radius 3 is 2.56 bits per heavy atom. The number of phenolic OH excluding ortho intramolecular Hbond substituents is 1. The van der Waals surface area contributed by atoms with Gasteiger partial charge in [-0.3, -0.25) is 4.79 Å². The molecule has 0 radical (unpaired) electrons. The zero-order valence-corrected chi connectivity index (χ0v) is 11.4. The van der Waals surface area contributed by atoms with Gasteiger partial charge in [0.2, 0.25) is 5.91 Å². The monoisotopic (exact) mass is 250 g/mol. The van der Waals surface area contributed by atoms with Crippen LogP contribution in [0.1, 0.15) is 39.7 Å². The Morgan fingerprint density at radius 2 is 2.06 bits per heavy atom. The van der Waals surface area contributed by atoms with Crippen molar-refractivity contribution < 1.29 is 9.90 Å². The molecule has 0 aliphatic carbocycles. The lowest BCUT2D eigenvalue weighted by Crippen LogP contribution is -2.24. The summed E-state index contributed by atoms with van der Waals surface area (Å²) in [6, 6.07) is 5.06. The summed E-state index contributed by atoms with van der Waals surface area (Å²) in [5.41, 5.74) is 7.02. The summed E-state index contributed by atoms with van der Waals surface area (Å²) in [6.07, 6.45) is 0.235. The van der Waals surface area contributed by atoms with Crippen LogP contribution in [0.5, 0.6) is 5.75 Å². The number of aromatic hydroxyl groups is 1. The van der Waals surface area contributed by atoms with Crippen LogP contribution in [0, 0.1) is 0 Å². The Bertz CT molecular complexity index is 434. The fourth-order valence-electron chi connectivity index (χ4n) is 1.60. The SMILES string of the molecule is CC(N)CC(=O)Nc1cc(C(C)(C)C)ccc1O. The summed E-state index contributed by atoms with van der Waals surface area (Å²) in [4.78, 5) is 11.6. The van der Waals surface area contributed by atoms with E-state index >= 15 is 0 Å². The lowest BCUT2D eigenvalue weighted by Gasteiger charge is -2.20. The van der Waals surface area contributed by atoms with Gasteiger partial charge in [-0.1, -0.05) is 26.8 Å². The number of carbonyl (C=O) groups is 1. The molecule has 4 N–H and O–H groups in total. The molecule has 0 aliphatic heterocycles. The molecule has 0 heterocycles. The molecule has 1 unspecified atom stereocenters. The first-order valence-corrected chi connectivity index (χ1v) is 6.09. The minimum atomic E-state index is -0.196. The first-order valence-electron chi connectivity index (χ1n) is 6.09. The molecule has 1 aromatic rings. The summed E-state index contributed by atoms with van der Waals surface area (Å²) in [6.45, 7) is 8.00. The van der Waals surface area contributed by atoms with Crippen molar-refractivity contribution in [3.05, 3.63) is 23.8 Å². The Balaban J connectivity index is 2.92. The average Bonchev–Trinajstić information content (AvgIpc) is 2.18. The maximum Gasteiger partial charge on any atom is 0.226 e. The van der Waals surface area contributed by atoms with Crippen molar-refractivity contribution in [3.63, 3.8) is 0 Å². The van der Waals surface area contributed by atoms with Crippen LogP contribution in [-0.4, -0.2) is 17.1 Å². The number of nitrogens with two attached hydrogens (primary N) is 1. The molecule has 0 aromatic heterocycles. The van der Waals surface area contributed by atoms with E-state index in [4.69, 9.17) is 5.73 Å². The minimum absolute atomic E-state index is 0.0334. The van der Waals surface area contributed by atoms with Crippen LogP contribution >= 0.6 is 0 Å². The second-order valence-corrected chi connectivity index (χ2v) is 5.71. The number of nitrogens with one attached hydrogen (secondary N) is 1. The first-order chi connectivity index (χ1) is 8.20. The number of benzene rings is 1. The van der Waals surface area contributed by atoms with E-state index in [2.05, 4.69) is 26.1 Å². The highest BCUT2D eigenvalue weighted by molar-refractivity contribution is 5.92. The van der Waals surface area contributed by atoms with E-state index in [9.17, 15) is 9.90 Å². The summed E-state index contributed by atoms with van der Waals surface area (Å²) in [7, 11) is 0. The normalized spacial score (nSPS) is 13.2. The molecule has 4 nitrogen and oxygen atoms in total. The number of hydrogen-bond acceptors (Lipinski definition) is 3. The molecule has 100 valence electrons. The van der Waals surface area contributed by atoms with Gasteiger partial charge < -0.3 is 16.2 Å². The zero-order valence-electron chi connectivity index (χ0n) is 11.4. The molecule has 0 saturated carbocycles. The molecule has 0 aliphatic rings. The number of phenols is 1. The largest absolute Gasteiger partial charge is 0.506 e. The maximum atomic E-state index is 11.6. The average molecular weight is 250 g/mol. The van der Waals surface area contributed by atoms with Gasteiger partial charge in [0.1, 0.15) is 5.75 Å². The second kappa shape index (κ2) is 5.40. The molecule has 0 spiro atoms. The third-order valence-electron chi connectivity index (χ3n) is 2.64. The molecular formula is C14H22N2O2. The van der Waals surface area contributed by atoms with Gasteiger partial charge >= 0.3 is 0 Å². The molecule has 1 atom stereocenters. The second-order valence-electron chi connectivity index (χ2n) is 5.71. The summed E-state index contributed by atoms with van der Waals surface area (Å²) in [5, 5.41) is 12.4. The fraction of sp³-hybridized carbons (Fsp3) is 0.500. The van der Waals surface area contributed by atoms with Crippen LogP contribution in [0.4, 0.5) is 5.69 Å². The van der Waals surface area contributed by atoms with E-state index < -0.39 is 0 Å². The topological polar surface area (TPSA) is 75.4 Å². The van der Waals surface area contributed by atoms with Gasteiger partial charge in [0.05, 0.1) is 5.69 Å².